The zero-order valence-electron chi connectivity index (χ0n) is 23.6. The van der Waals surface area contributed by atoms with Gasteiger partial charge in [0.05, 0.1) is 12.2 Å². The molecule has 0 unspecified atom stereocenters. The van der Waals surface area contributed by atoms with Crippen LogP contribution in [0.1, 0.15) is 74.0 Å². The van der Waals surface area contributed by atoms with Crippen LogP contribution < -0.4 is 10.9 Å². The number of aromatic nitrogens is 3. The van der Waals surface area contributed by atoms with E-state index >= 15 is 0 Å². The maximum atomic E-state index is 13.5. The highest BCUT2D eigenvalue weighted by molar-refractivity contribution is 5.97. The fourth-order valence-electron chi connectivity index (χ4n) is 6.21. The van der Waals surface area contributed by atoms with Crippen LogP contribution >= 0.6 is 0 Å². The number of hydrogen-bond acceptors (Lipinski definition) is 6. The van der Waals surface area contributed by atoms with Crippen LogP contribution in [0, 0.1) is 12.8 Å². The summed E-state index contributed by atoms with van der Waals surface area (Å²) in [4.78, 5) is 42.8. The van der Waals surface area contributed by atoms with Crippen molar-refractivity contribution >= 4 is 23.5 Å². The molecule has 2 saturated heterocycles. The average molecular weight is 579 g/mol. The molecule has 3 aliphatic rings. The van der Waals surface area contributed by atoms with Gasteiger partial charge in [-0.2, -0.15) is 22.8 Å². The van der Waals surface area contributed by atoms with Crippen LogP contribution in [0.3, 0.4) is 0 Å². The maximum absolute atomic E-state index is 13.5. The van der Waals surface area contributed by atoms with E-state index in [1.807, 2.05) is 13.8 Å². The Bertz CT molecular complexity index is 1430. The molecule has 4 heterocycles. The van der Waals surface area contributed by atoms with Crippen molar-refractivity contribution in [3.05, 3.63) is 33.3 Å². The van der Waals surface area contributed by atoms with E-state index in [1.165, 1.54) is 15.5 Å². The first-order chi connectivity index (χ1) is 19.3. The van der Waals surface area contributed by atoms with Gasteiger partial charge in [0.1, 0.15) is 5.65 Å². The molecule has 3 fully saturated rings. The highest BCUT2D eigenvalue weighted by Crippen LogP contribution is 2.39. The summed E-state index contributed by atoms with van der Waals surface area (Å²) in [6.07, 6.45) is 2.86. The first-order valence-electron chi connectivity index (χ1n) is 14.2. The molecule has 2 aromatic rings. The number of likely N-dealkylation sites (tertiary alicyclic amines) is 2. The van der Waals surface area contributed by atoms with Gasteiger partial charge in [0.2, 0.25) is 11.8 Å². The van der Waals surface area contributed by atoms with Gasteiger partial charge in [-0.1, -0.05) is 13.8 Å². The van der Waals surface area contributed by atoms with Crippen LogP contribution in [0.4, 0.5) is 13.2 Å². The fourth-order valence-corrected chi connectivity index (χ4v) is 6.21. The summed E-state index contributed by atoms with van der Waals surface area (Å²) in [6.45, 7) is 5.98. The second-order valence-corrected chi connectivity index (χ2v) is 12.0. The molecule has 2 N–H and O–H groups in total. The van der Waals surface area contributed by atoms with Crippen LogP contribution in [-0.2, 0) is 11.3 Å². The molecule has 0 bridgehead atoms. The van der Waals surface area contributed by atoms with Crippen molar-refractivity contribution in [2.24, 2.45) is 5.92 Å². The number of alkyl halides is 3. The monoisotopic (exact) mass is 578 g/mol. The molecule has 13 heteroatoms. The number of amides is 2. The molecule has 0 aromatic carbocycles. The van der Waals surface area contributed by atoms with E-state index in [0.29, 0.717) is 37.2 Å². The van der Waals surface area contributed by atoms with Crippen molar-refractivity contribution in [1.82, 2.24) is 29.3 Å². The number of aryl methyl sites for hydroxylation is 1. The van der Waals surface area contributed by atoms with Gasteiger partial charge in [0, 0.05) is 49.4 Å². The summed E-state index contributed by atoms with van der Waals surface area (Å²) in [5.74, 6) is -1.30. The third-order valence-corrected chi connectivity index (χ3v) is 8.35. The van der Waals surface area contributed by atoms with E-state index in [9.17, 15) is 32.7 Å². The van der Waals surface area contributed by atoms with Crippen LogP contribution in [0.2, 0.25) is 0 Å². The molecule has 1 aliphatic carbocycles. The zero-order chi connectivity index (χ0) is 29.7. The van der Waals surface area contributed by atoms with Gasteiger partial charge in [-0.15, -0.1) is 0 Å². The van der Waals surface area contributed by atoms with Crippen molar-refractivity contribution in [3.63, 3.8) is 0 Å². The Morgan fingerprint density at radius 3 is 2.46 bits per heavy atom. The lowest BCUT2D eigenvalue weighted by Gasteiger charge is -2.44. The minimum Gasteiger partial charge on any atom is -0.494 e. The van der Waals surface area contributed by atoms with Gasteiger partial charge < -0.3 is 15.3 Å². The Labute approximate surface area is 235 Å². The normalized spacial score (nSPS) is 19.7. The Balaban J connectivity index is 1.45. The van der Waals surface area contributed by atoms with E-state index in [2.05, 4.69) is 10.4 Å². The molecule has 1 saturated carbocycles. The van der Waals surface area contributed by atoms with Crippen LogP contribution in [0.15, 0.2) is 10.9 Å². The molecule has 224 valence electrons. The van der Waals surface area contributed by atoms with Crippen LogP contribution in [0.25, 0.3) is 11.7 Å². The van der Waals surface area contributed by atoms with Crippen molar-refractivity contribution in [2.75, 3.05) is 26.2 Å². The highest BCUT2D eigenvalue weighted by atomic mass is 19.4. The van der Waals surface area contributed by atoms with Crippen molar-refractivity contribution in [2.45, 2.75) is 83.6 Å². The molecule has 0 atom stereocenters. The first kappa shape index (κ1) is 29.2. The fraction of sp³-hybridized carbons (Fsp3) is 0.643. The summed E-state index contributed by atoms with van der Waals surface area (Å²) in [6, 6.07) is -0.00910. The summed E-state index contributed by atoms with van der Waals surface area (Å²) in [7, 11) is 0. The lowest BCUT2D eigenvalue weighted by atomic mass is 9.85. The average Bonchev–Trinajstić information content (AvgIpc) is 3.50. The SMILES string of the molecule is Cc1nn2c(=O)c(C(=O)NC3CC3)c(O)n(CC(C)C)c2c1/C=C/C(=O)N1CCCC12CCN(CC(F)(F)F)CC2. The number of rotatable bonds is 7. The summed E-state index contributed by atoms with van der Waals surface area (Å²) in [5.41, 5.74) is -0.388. The van der Waals surface area contributed by atoms with Gasteiger partial charge >= 0.3 is 6.18 Å². The van der Waals surface area contributed by atoms with Gasteiger partial charge in [-0.3, -0.25) is 23.9 Å². The Hall–Kier alpha value is -3.35. The number of halogens is 3. The number of hydrogen-bond donors (Lipinski definition) is 2. The molecule has 1 spiro atoms. The topological polar surface area (TPSA) is 112 Å². The molecule has 2 aromatic heterocycles. The predicted octanol–water partition coefficient (Wildman–Crippen LogP) is 3.09. The van der Waals surface area contributed by atoms with Crippen LogP contribution in [0.5, 0.6) is 5.88 Å². The minimum atomic E-state index is -4.25. The van der Waals surface area contributed by atoms with Gasteiger partial charge in [-0.05, 0) is 57.4 Å². The van der Waals surface area contributed by atoms with Crippen molar-refractivity contribution < 1.29 is 27.9 Å². The number of fused-ring (bicyclic) bond motifs is 1. The molecule has 41 heavy (non-hydrogen) atoms. The number of piperidine rings is 1. The van der Waals surface area contributed by atoms with Gasteiger partial charge in [0.15, 0.2) is 5.56 Å². The second kappa shape index (κ2) is 10.8. The number of carbonyl (C=O) groups excluding carboxylic acids is 2. The van der Waals surface area contributed by atoms with E-state index in [4.69, 9.17) is 0 Å². The number of nitrogens with one attached hydrogen (secondary N) is 1. The highest BCUT2D eigenvalue weighted by Gasteiger charge is 2.46. The van der Waals surface area contributed by atoms with Crippen LogP contribution in [-0.4, -0.2) is 84.8 Å². The third-order valence-electron chi connectivity index (χ3n) is 8.35. The smallest absolute Gasteiger partial charge is 0.401 e. The van der Waals surface area contributed by atoms with Crippen molar-refractivity contribution in [3.8, 4) is 5.88 Å². The second-order valence-electron chi connectivity index (χ2n) is 12.0. The summed E-state index contributed by atoms with van der Waals surface area (Å²) >= 11 is 0. The molecular formula is C28H37F3N6O4. The van der Waals surface area contributed by atoms with E-state index < -0.39 is 35.6 Å². The van der Waals surface area contributed by atoms with E-state index in [0.717, 1.165) is 30.2 Å². The number of aromatic hydroxyl groups is 1. The lowest BCUT2D eigenvalue weighted by Crippen LogP contribution is -2.54. The first-order valence-corrected chi connectivity index (χ1v) is 14.2. The molecular weight excluding hydrogens is 541 g/mol. The Morgan fingerprint density at radius 1 is 1.17 bits per heavy atom. The molecule has 5 rings (SSSR count). The standard InChI is InChI=1S/C28H37F3N6O4/c1-17(2)15-35-24-20(18(3)33-37(24)26(41)22(25(35)40)23(39)32-19-5-6-19)7-8-21(38)36-12-4-9-27(36)10-13-34(14-11-27)16-28(29,30)31/h7-8,17,19,40H,4-6,9-16H2,1-3H3,(H,32,39)/b8-7+. The zero-order valence-corrected chi connectivity index (χ0v) is 23.6. The summed E-state index contributed by atoms with van der Waals surface area (Å²) in [5, 5.41) is 18.3. The Morgan fingerprint density at radius 2 is 1.85 bits per heavy atom. The lowest BCUT2D eigenvalue weighted by molar-refractivity contribution is -0.153. The summed E-state index contributed by atoms with van der Waals surface area (Å²) < 4.78 is 41.2. The molecule has 2 aliphatic heterocycles. The quantitative estimate of drug-likeness (QED) is 0.489. The van der Waals surface area contributed by atoms with Gasteiger partial charge in [0.25, 0.3) is 11.5 Å². The van der Waals surface area contributed by atoms with Crippen molar-refractivity contribution in [1.29, 1.82) is 0 Å². The van der Waals surface area contributed by atoms with E-state index in [-0.39, 0.29) is 42.2 Å². The Kier molecular flexibility index (Phi) is 7.68. The predicted molar refractivity (Wildman–Crippen MR) is 146 cm³/mol. The number of carbonyl (C=O) groups is 2. The molecule has 0 radical (unpaired) electrons. The number of nitrogens with zero attached hydrogens (tertiary/aromatic N) is 5. The maximum Gasteiger partial charge on any atom is 0.401 e. The van der Waals surface area contributed by atoms with Gasteiger partial charge in [-0.25, -0.2) is 0 Å². The molecule has 2 amide bonds. The largest absolute Gasteiger partial charge is 0.494 e. The molecule has 10 nitrogen and oxygen atoms in total. The minimum absolute atomic E-state index is 0.00910. The van der Waals surface area contributed by atoms with E-state index in [1.54, 1.807) is 17.9 Å². The third kappa shape index (κ3) is 5.86.